The van der Waals surface area contributed by atoms with Crippen molar-refractivity contribution < 1.29 is 29.4 Å². The van der Waals surface area contributed by atoms with Gasteiger partial charge >= 0.3 is 5.97 Å². The maximum atomic E-state index is 12.8. The van der Waals surface area contributed by atoms with Crippen LogP contribution in [-0.4, -0.2) is 70.7 Å². The molecule has 0 aromatic heterocycles. The monoisotopic (exact) mass is 431 g/mol. The number of aliphatic carboxylic acids is 1. The van der Waals surface area contributed by atoms with Crippen molar-refractivity contribution in [3.05, 3.63) is 0 Å². The molecule has 0 rings (SSSR count). The molecular formula is C19H37N5O6. The van der Waals surface area contributed by atoms with Crippen molar-refractivity contribution in [2.24, 2.45) is 17.4 Å². The molecule has 11 heteroatoms. The van der Waals surface area contributed by atoms with Crippen LogP contribution < -0.4 is 27.4 Å². The van der Waals surface area contributed by atoms with Crippen LogP contribution in [0.5, 0.6) is 0 Å². The van der Waals surface area contributed by atoms with Crippen LogP contribution in [0.25, 0.3) is 0 Å². The van der Waals surface area contributed by atoms with E-state index in [9.17, 15) is 24.3 Å². The smallest absolute Gasteiger partial charge is 0.325 e. The normalized spacial score (nSPS) is 16.1. The Balaban J connectivity index is 5.26. The minimum absolute atomic E-state index is 0.190. The number of carbonyl (C=O) groups excluding carboxylic acids is 3. The Morgan fingerprint density at radius 2 is 1.50 bits per heavy atom. The van der Waals surface area contributed by atoms with Crippen molar-refractivity contribution >= 4 is 23.7 Å². The number of nitrogens with two attached hydrogens (primary N) is 2. The van der Waals surface area contributed by atoms with Gasteiger partial charge in [-0.25, -0.2) is 0 Å². The quantitative estimate of drug-likeness (QED) is 0.160. The lowest BCUT2D eigenvalue weighted by Gasteiger charge is -2.26. The van der Waals surface area contributed by atoms with E-state index in [1.807, 2.05) is 13.8 Å². The second-order valence-corrected chi connectivity index (χ2v) is 7.88. The van der Waals surface area contributed by atoms with E-state index in [0.29, 0.717) is 25.8 Å². The summed E-state index contributed by atoms with van der Waals surface area (Å²) in [6.07, 6.45) is 0.597. The lowest BCUT2D eigenvalue weighted by atomic mass is 10.0. The Labute approximate surface area is 177 Å². The van der Waals surface area contributed by atoms with Crippen molar-refractivity contribution in [2.75, 3.05) is 6.54 Å². The van der Waals surface area contributed by atoms with Crippen LogP contribution in [0.15, 0.2) is 0 Å². The number of nitrogens with one attached hydrogen (secondary N) is 3. The summed E-state index contributed by atoms with van der Waals surface area (Å²) < 4.78 is 0. The van der Waals surface area contributed by atoms with Gasteiger partial charge in [0.1, 0.15) is 18.1 Å². The molecule has 0 aromatic rings. The minimum atomic E-state index is -1.39. The van der Waals surface area contributed by atoms with Gasteiger partial charge in [0.05, 0.1) is 12.1 Å². The molecule has 0 aromatic carbocycles. The highest BCUT2D eigenvalue weighted by Gasteiger charge is 2.31. The standard InChI is InChI=1S/C19H37N5O6/c1-10(2)9-13(21)16(26)23-14(7-5-6-8-20)17(27)24-15(12(4)25)18(28)22-11(3)19(29)30/h10-15,25H,5-9,20-21H2,1-4H3,(H,22,28)(H,23,26)(H,24,27)(H,29,30). The van der Waals surface area contributed by atoms with Crippen molar-refractivity contribution in [3.63, 3.8) is 0 Å². The van der Waals surface area contributed by atoms with Crippen molar-refractivity contribution in [2.45, 2.75) is 83.6 Å². The highest BCUT2D eigenvalue weighted by Crippen LogP contribution is 2.06. The molecule has 0 saturated heterocycles. The van der Waals surface area contributed by atoms with E-state index in [1.54, 1.807) is 0 Å². The number of amides is 3. The Kier molecular flexibility index (Phi) is 12.8. The van der Waals surface area contributed by atoms with Crippen LogP contribution in [-0.2, 0) is 19.2 Å². The summed E-state index contributed by atoms with van der Waals surface area (Å²) in [6, 6.07) is -4.36. The predicted octanol–water partition coefficient (Wildman–Crippen LogP) is -1.57. The third kappa shape index (κ3) is 10.5. The van der Waals surface area contributed by atoms with Crippen LogP contribution in [0.4, 0.5) is 0 Å². The van der Waals surface area contributed by atoms with E-state index in [2.05, 4.69) is 16.0 Å². The van der Waals surface area contributed by atoms with Crippen LogP contribution in [0.1, 0.15) is 53.4 Å². The third-order valence-electron chi connectivity index (χ3n) is 4.43. The maximum absolute atomic E-state index is 12.8. The van der Waals surface area contributed by atoms with Gasteiger partial charge in [0.25, 0.3) is 0 Å². The number of hydrogen-bond acceptors (Lipinski definition) is 7. The zero-order valence-electron chi connectivity index (χ0n) is 18.2. The molecule has 0 aliphatic carbocycles. The van der Waals surface area contributed by atoms with Crippen LogP contribution in [0.2, 0.25) is 0 Å². The van der Waals surface area contributed by atoms with Crippen molar-refractivity contribution in [1.29, 1.82) is 0 Å². The summed E-state index contributed by atoms with van der Waals surface area (Å²) >= 11 is 0. The van der Waals surface area contributed by atoms with E-state index >= 15 is 0 Å². The number of rotatable bonds is 14. The Bertz CT molecular complexity index is 584. The summed E-state index contributed by atoms with van der Waals surface area (Å²) in [5.74, 6) is -3.09. The topological polar surface area (TPSA) is 197 Å². The van der Waals surface area contributed by atoms with Gasteiger partial charge in [0, 0.05) is 0 Å². The largest absolute Gasteiger partial charge is 0.480 e. The second kappa shape index (κ2) is 13.9. The lowest BCUT2D eigenvalue weighted by Crippen LogP contribution is -2.59. The lowest BCUT2D eigenvalue weighted by molar-refractivity contribution is -0.142. The van der Waals surface area contributed by atoms with Gasteiger partial charge in [-0.15, -0.1) is 0 Å². The van der Waals surface area contributed by atoms with Gasteiger partial charge in [-0.2, -0.15) is 0 Å². The molecule has 11 nitrogen and oxygen atoms in total. The Morgan fingerprint density at radius 3 is 1.97 bits per heavy atom. The van der Waals surface area contributed by atoms with Gasteiger partial charge in [-0.05, 0) is 52.0 Å². The zero-order chi connectivity index (χ0) is 23.4. The SMILES string of the molecule is CC(C)CC(N)C(=O)NC(CCCCN)C(=O)NC(C(=O)NC(C)C(=O)O)C(C)O. The predicted molar refractivity (Wildman–Crippen MR) is 111 cm³/mol. The number of carboxylic acid groups (broad SMARTS) is 1. The van der Waals surface area contributed by atoms with Gasteiger partial charge in [-0.1, -0.05) is 13.8 Å². The average molecular weight is 432 g/mol. The summed E-state index contributed by atoms with van der Waals surface area (Å²) in [4.78, 5) is 48.3. The average Bonchev–Trinajstić information content (AvgIpc) is 2.63. The van der Waals surface area contributed by atoms with Gasteiger partial charge < -0.3 is 37.6 Å². The fourth-order valence-electron chi connectivity index (χ4n) is 2.68. The summed E-state index contributed by atoms with van der Waals surface area (Å²) in [6.45, 7) is 6.80. The minimum Gasteiger partial charge on any atom is -0.480 e. The van der Waals surface area contributed by atoms with Gasteiger partial charge in [0.15, 0.2) is 0 Å². The van der Waals surface area contributed by atoms with Crippen LogP contribution in [0.3, 0.4) is 0 Å². The number of aliphatic hydroxyl groups is 1. The van der Waals surface area contributed by atoms with Crippen molar-refractivity contribution in [1.82, 2.24) is 16.0 Å². The molecule has 0 fully saturated rings. The number of carboxylic acids is 1. The summed E-state index contributed by atoms with van der Waals surface area (Å²) in [5.41, 5.74) is 11.4. The van der Waals surface area contributed by atoms with Gasteiger partial charge in [0.2, 0.25) is 17.7 Å². The maximum Gasteiger partial charge on any atom is 0.325 e. The first-order chi connectivity index (χ1) is 13.9. The zero-order valence-corrected chi connectivity index (χ0v) is 18.2. The molecule has 0 radical (unpaired) electrons. The molecule has 0 bridgehead atoms. The van der Waals surface area contributed by atoms with E-state index in [0.717, 1.165) is 0 Å². The second-order valence-electron chi connectivity index (χ2n) is 7.88. The molecule has 0 saturated carbocycles. The Hall–Kier alpha value is -2.24. The molecule has 5 atom stereocenters. The van der Waals surface area contributed by atoms with Gasteiger partial charge in [-0.3, -0.25) is 19.2 Å². The third-order valence-corrected chi connectivity index (χ3v) is 4.43. The number of hydrogen-bond donors (Lipinski definition) is 7. The number of aliphatic hydroxyl groups excluding tert-OH is 1. The van der Waals surface area contributed by atoms with Crippen LogP contribution in [0, 0.1) is 5.92 Å². The molecule has 0 heterocycles. The highest BCUT2D eigenvalue weighted by molar-refractivity contribution is 5.94. The molecule has 0 spiro atoms. The number of unbranched alkanes of at least 4 members (excludes halogenated alkanes) is 1. The molecule has 174 valence electrons. The summed E-state index contributed by atoms with van der Waals surface area (Å²) in [5, 5.41) is 26.0. The molecule has 9 N–H and O–H groups in total. The molecular weight excluding hydrogens is 394 g/mol. The first kappa shape index (κ1) is 27.8. The van der Waals surface area contributed by atoms with E-state index < -0.39 is 54.0 Å². The van der Waals surface area contributed by atoms with E-state index in [1.165, 1.54) is 13.8 Å². The fourth-order valence-corrected chi connectivity index (χ4v) is 2.68. The first-order valence-corrected chi connectivity index (χ1v) is 10.2. The molecule has 0 aliphatic rings. The summed E-state index contributed by atoms with van der Waals surface area (Å²) in [7, 11) is 0. The van der Waals surface area contributed by atoms with E-state index in [4.69, 9.17) is 16.6 Å². The molecule has 0 aliphatic heterocycles. The molecule has 5 unspecified atom stereocenters. The highest BCUT2D eigenvalue weighted by atomic mass is 16.4. The number of carbonyl (C=O) groups is 4. The van der Waals surface area contributed by atoms with Crippen molar-refractivity contribution in [3.8, 4) is 0 Å². The fraction of sp³-hybridized carbons (Fsp3) is 0.789. The van der Waals surface area contributed by atoms with E-state index in [-0.39, 0.29) is 12.3 Å². The molecule has 3 amide bonds. The first-order valence-electron chi connectivity index (χ1n) is 10.2. The Morgan fingerprint density at radius 1 is 0.900 bits per heavy atom. The molecule has 30 heavy (non-hydrogen) atoms. The van der Waals surface area contributed by atoms with Crippen LogP contribution >= 0.6 is 0 Å².